The van der Waals surface area contributed by atoms with Crippen LogP contribution in [0, 0.1) is 11.8 Å². The number of likely N-dealkylation sites (tertiary alicyclic amines) is 1. The maximum atomic E-state index is 14.5. The van der Waals surface area contributed by atoms with E-state index < -0.39 is 35.1 Å². The van der Waals surface area contributed by atoms with Gasteiger partial charge in [0.05, 0.1) is 30.1 Å². The van der Waals surface area contributed by atoms with Gasteiger partial charge in [0.2, 0.25) is 17.7 Å². The molecule has 222 valence electrons. The molecule has 2 aromatic carbocycles. The largest absolute Gasteiger partial charge is 0.394 e. The molecular formula is C34H41N3O5. The first-order valence-electron chi connectivity index (χ1n) is 14.7. The summed E-state index contributed by atoms with van der Waals surface area (Å²) in [4.78, 5) is 48.2. The lowest BCUT2D eigenvalue weighted by Crippen LogP contribution is -2.58. The van der Waals surface area contributed by atoms with Crippen LogP contribution in [0.3, 0.4) is 0 Å². The molecule has 3 fully saturated rings. The summed E-state index contributed by atoms with van der Waals surface area (Å²) < 4.78 is 6.80. The average Bonchev–Trinajstić information content (AvgIpc) is 3.57. The molecule has 3 heterocycles. The number of aliphatic hydroxyl groups is 1. The number of hydrogen-bond acceptors (Lipinski definition) is 5. The lowest BCUT2D eigenvalue weighted by atomic mass is 9.66. The number of aliphatic hydroxyl groups excluding tert-OH is 1. The van der Waals surface area contributed by atoms with Crippen LogP contribution >= 0.6 is 0 Å². The van der Waals surface area contributed by atoms with E-state index in [9.17, 15) is 19.5 Å². The standard InChI is InChI=1S/C34H41N3O5/c1-5-19-35(21-25-13-9-7-10-14-25)30(39)27-28-31(40)37(24(3)23-38)29(34(28)18-17-33(27,4)42-34)32(41)36(20-6-2)22-26-15-11-8-12-16-26/h5-16,24,27-29,38H,1-2,17-23H2,3-4H3/t24-,27-,28+,29?,33+,34?/m1/s1. The van der Waals surface area contributed by atoms with Gasteiger partial charge in [-0.2, -0.15) is 0 Å². The van der Waals surface area contributed by atoms with Gasteiger partial charge in [-0.05, 0) is 37.8 Å². The molecule has 2 unspecified atom stereocenters. The lowest BCUT2D eigenvalue weighted by Gasteiger charge is -2.38. The molecule has 2 bridgehead atoms. The molecule has 0 aromatic heterocycles. The third kappa shape index (κ3) is 4.96. The Hall–Kier alpha value is -3.75. The molecule has 5 rings (SSSR count). The van der Waals surface area contributed by atoms with Gasteiger partial charge in [-0.25, -0.2) is 0 Å². The van der Waals surface area contributed by atoms with E-state index in [1.165, 1.54) is 4.90 Å². The maximum Gasteiger partial charge on any atom is 0.249 e. The third-order valence-corrected chi connectivity index (χ3v) is 9.21. The Bertz CT molecular complexity index is 1330. The van der Waals surface area contributed by atoms with E-state index in [-0.39, 0.29) is 30.9 Å². The Morgan fingerprint density at radius 1 is 0.976 bits per heavy atom. The van der Waals surface area contributed by atoms with E-state index in [0.717, 1.165) is 11.1 Å². The van der Waals surface area contributed by atoms with Gasteiger partial charge in [0, 0.05) is 26.2 Å². The number of benzene rings is 2. The Morgan fingerprint density at radius 3 is 2.00 bits per heavy atom. The van der Waals surface area contributed by atoms with Crippen molar-refractivity contribution in [3.05, 3.63) is 97.1 Å². The summed E-state index contributed by atoms with van der Waals surface area (Å²) >= 11 is 0. The molecule has 0 saturated carbocycles. The molecular weight excluding hydrogens is 530 g/mol. The Balaban J connectivity index is 1.53. The van der Waals surface area contributed by atoms with Gasteiger partial charge in [0.15, 0.2) is 0 Å². The van der Waals surface area contributed by atoms with Crippen molar-refractivity contribution in [2.75, 3.05) is 19.7 Å². The van der Waals surface area contributed by atoms with Gasteiger partial charge in [-0.1, -0.05) is 72.8 Å². The van der Waals surface area contributed by atoms with Crippen molar-refractivity contribution in [1.82, 2.24) is 14.7 Å². The van der Waals surface area contributed by atoms with Crippen molar-refractivity contribution in [2.24, 2.45) is 11.8 Å². The van der Waals surface area contributed by atoms with Crippen LogP contribution in [0.1, 0.15) is 37.8 Å². The summed E-state index contributed by atoms with van der Waals surface area (Å²) in [6.45, 7) is 12.3. The van der Waals surface area contributed by atoms with Gasteiger partial charge in [0.1, 0.15) is 11.6 Å². The van der Waals surface area contributed by atoms with Crippen LogP contribution in [0.4, 0.5) is 0 Å². The predicted molar refractivity (Wildman–Crippen MR) is 160 cm³/mol. The highest BCUT2D eigenvalue weighted by Crippen LogP contribution is 2.63. The summed E-state index contributed by atoms with van der Waals surface area (Å²) in [7, 11) is 0. The molecule has 3 saturated heterocycles. The van der Waals surface area contributed by atoms with Gasteiger partial charge in [-0.15, -0.1) is 13.2 Å². The van der Waals surface area contributed by atoms with Crippen LogP contribution in [-0.4, -0.2) is 80.5 Å². The monoisotopic (exact) mass is 571 g/mol. The fourth-order valence-corrected chi connectivity index (χ4v) is 7.34. The smallest absolute Gasteiger partial charge is 0.249 e. The normalized spacial score (nSPS) is 28.3. The molecule has 42 heavy (non-hydrogen) atoms. The van der Waals surface area contributed by atoms with E-state index in [1.54, 1.807) is 28.9 Å². The van der Waals surface area contributed by atoms with Crippen molar-refractivity contribution in [3.63, 3.8) is 0 Å². The summed E-state index contributed by atoms with van der Waals surface area (Å²) in [5, 5.41) is 10.2. The van der Waals surface area contributed by atoms with Crippen LogP contribution in [0.15, 0.2) is 86.0 Å². The fraction of sp³-hybridized carbons (Fsp3) is 0.441. The maximum absolute atomic E-state index is 14.5. The number of nitrogens with zero attached hydrogens (tertiary/aromatic N) is 3. The second-order valence-corrected chi connectivity index (χ2v) is 12.0. The zero-order chi connectivity index (χ0) is 30.1. The second-order valence-electron chi connectivity index (χ2n) is 12.0. The van der Waals surface area contributed by atoms with Crippen LogP contribution in [0.5, 0.6) is 0 Å². The summed E-state index contributed by atoms with van der Waals surface area (Å²) in [5.41, 5.74) is -0.150. The number of fused-ring (bicyclic) bond motifs is 1. The minimum Gasteiger partial charge on any atom is -0.394 e. The van der Waals surface area contributed by atoms with Crippen LogP contribution in [0.2, 0.25) is 0 Å². The Labute approximate surface area is 248 Å². The van der Waals surface area contributed by atoms with Gasteiger partial charge in [0.25, 0.3) is 0 Å². The molecule has 6 atom stereocenters. The highest BCUT2D eigenvalue weighted by molar-refractivity contribution is 5.99. The lowest BCUT2D eigenvalue weighted by molar-refractivity contribution is -0.156. The number of rotatable bonds is 12. The number of hydrogen-bond donors (Lipinski definition) is 1. The summed E-state index contributed by atoms with van der Waals surface area (Å²) in [6, 6.07) is 17.8. The van der Waals surface area contributed by atoms with Crippen LogP contribution in [0.25, 0.3) is 0 Å². The zero-order valence-corrected chi connectivity index (χ0v) is 24.5. The molecule has 0 radical (unpaired) electrons. The van der Waals surface area contributed by atoms with Gasteiger partial charge in [-0.3, -0.25) is 14.4 Å². The topological polar surface area (TPSA) is 90.4 Å². The summed E-state index contributed by atoms with van der Waals surface area (Å²) in [6.07, 6.45) is 4.38. The van der Waals surface area contributed by atoms with Crippen LogP contribution in [-0.2, 0) is 32.2 Å². The molecule has 1 N–H and O–H groups in total. The van der Waals surface area contributed by atoms with Crippen molar-refractivity contribution < 1.29 is 24.2 Å². The first-order valence-corrected chi connectivity index (χ1v) is 14.7. The van der Waals surface area contributed by atoms with E-state index in [2.05, 4.69) is 13.2 Å². The molecule has 1 spiro atoms. The van der Waals surface area contributed by atoms with E-state index in [1.807, 2.05) is 67.6 Å². The molecule has 8 nitrogen and oxygen atoms in total. The quantitative estimate of drug-likeness (QED) is 0.394. The van der Waals surface area contributed by atoms with Crippen molar-refractivity contribution in [3.8, 4) is 0 Å². The molecule has 0 aliphatic carbocycles. The van der Waals surface area contributed by atoms with E-state index >= 15 is 0 Å². The highest BCUT2D eigenvalue weighted by atomic mass is 16.5. The number of carbonyl (C=O) groups excluding carboxylic acids is 3. The van der Waals surface area contributed by atoms with Crippen LogP contribution < -0.4 is 0 Å². The molecule has 3 aliphatic rings. The SMILES string of the molecule is C=CCN(Cc1ccccc1)C(=O)C1N([C@H](C)CO)C(=O)[C@@H]2[C@H](C(=O)N(CC=C)Cc3ccccc3)[C@]3(C)CCC12O3. The summed E-state index contributed by atoms with van der Waals surface area (Å²) in [5.74, 6) is -2.36. The molecule has 3 amide bonds. The first kappa shape index (κ1) is 29.7. The van der Waals surface area contributed by atoms with E-state index in [0.29, 0.717) is 32.5 Å². The molecule has 2 aromatic rings. The van der Waals surface area contributed by atoms with Gasteiger partial charge >= 0.3 is 0 Å². The first-order chi connectivity index (χ1) is 20.2. The fourth-order valence-electron chi connectivity index (χ4n) is 7.34. The number of ether oxygens (including phenoxy) is 1. The van der Waals surface area contributed by atoms with Crippen molar-refractivity contribution in [1.29, 1.82) is 0 Å². The number of carbonyl (C=O) groups is 3. The second kappa shape index (κ2) is 11.9. The zero-order valence-electron chi connectivity index (χ0n) is 24.5. The number of amides is 3. The predicted octanol–water partition coefficient (Wildman–Crippen LogP) is 3.56. The Kier molecular flexibility index (Phi) is 8.39. The van der Waals surface area contributed by atoms with Gasteiger partial charge < -0.3 is 24.5 Å². The van der Waals surface area contributed by atoms with E-state index in [4.69, 9.17) is 4.74 Å². The minimum atomic E-state index is -1.17. The van der Waals surface area contributed by atoms with Crippen molar-refractivity contribution in [2.45, 2.75) is 63.1 Å². The minimum absolute atomic E-state index is 0.182. The third-order valence-electron chi connectivity index (χ3n) is 9.21. The Morgan fingerprint density at radius 2 is 1.50 bits per heavy atom. The van der Waals surface area contributed by atoms with Crippen molar-refractivity contribution >= 4 is 17.7 Å². The molecule has 3 aliphatic heterocycles. The molecule has 8 heteroatoms. The highest BCUT2D eigenvalue weighted by Gasteiger charge is 2.78. The average molecular weight is 572 g/mol.